The maximum Gasteiger partial charge on any atom is 0.335 e. The van der Waals surface area contributed by atoms with Gasteiger partial charge in [-0.2, -0.15) is 16.2 Å². The Morgan fingerprint density at radius 2 is 1.12 bits per heavy atom. The first-order valence-electron chi connectivity index (χ1n) is 28.9. The summed E-state index contributed by atoms with van der Waals surface area (Å²) in [5, 5.41) is 33.3. The number of aldehydes is 1. The zero-order valence-electron chi connectivity index (χ0n) is 51.9. The quantitative estimate of drug-likeness (QED) is 0.0362. The van der Waals surface area contributed by atoms with Crippen LogP contribution in [0.15, 0.2) is 72.4 Å². The van der Waals surface area contributed by atoms with Crippen LogP contribution in [0.4, 0.5) is 0 Å². The number of fused-ring (bicyclic) bond motifs is 3. The predicted octanol–water partition coefficient (Wildman–Crippen LogP) is 12.1. The van der Waals surface area contributed by atoms with Crippen molar-refractivity contribution >= 4 is 88.0 Å². The van der Waals surface area contributed by atoms with E-state index in [1.54, 1.807) is 6.08 Å². The Morgan fingerprint density at radius 1 is 0.732 bits per heavy atom. The Morgan fingerprint density at radius 3 is 1.51 bits per heavy atom. The van der Waals surface area contributed by atoms with Crippen LogP contribution in [0.3, 0.4) is 0 Å². The smallest absolute Gasteiger partial charge is 0.335 e. The number of ether oxygens (including phenoxy) is 1. The molecule has 4 fully saturated rings. The van der Waals surface area contributed by atoms with Gasteiger partial charge in [-0.1, -0.05) is 187 Å². The molecule has 82 heavy (non-hydrogen) atoms. The van der Waals surface area contributed by atoms with Crippen molar-refractivity contribution in [3.63, 3.8) is 0 Å². The van der Waals surface area contributed by atoms with E-state index >= 15 is 0 Å². The first kappa shape index (κ1) is 73.8. The van der Waals surface area contributed by atoms with Crippen molar-refractivity contribution in [3.8, 4) is 6.07 Å². The van der Waals surface area contributed by atoms with Crippen LogP contribution in [0.1, 0.15) is 135 Å². The molecular weight excluding hydrogens is 1440 g/mol. The van der Waals surface area contributed by atoms with Crippen LogP contribution in [0.25, 0.3) is 4.85 Å². The molecule has 3 saturated heterocycles. The molecule has 1 saturated carbocycles. The molecule has 11 atom stereocenters. The van der Waals surface area contributed by atoms with Crippen LogP contribution < -0.4 is 11.0 Å². The molecule has 2 radical (unpaired) electrons. The molecule has 25 heteroatoms. The van der Waals surface area contributed by atoms with Crippen molar-refractivity contribution in [3.05, 3.63) is 95.0 Å². The van der Waals surface area contributed by atoms with E-state index in [9.17, 15) is 20.3 Å². The summed E-state index contributed by atoms with van der Waals surface area (Å²) in [6, 6.07) is 21.8. The summed E-state index contributed by atoms with van der Waals surface area (Å²) in [5.41, 5.74) is 7.04. The number of benzene rings is 2. The number of hydrogen-bond acceptors (Lipinski definition) is 15. The third-order valence-electron chi connectivity index (χ3n) is 16.7. The molecular formula is C57H92BBrCl2N4O12Si4U. The van der Waals surface area contributed by atoms with Gasteiger partial charge in [0.15, 0.2) is 12.0 Å². The maximum atomic E-state index is 12.3. The summed E-state index contributed by atoms with van der Waals surface area (Å²) in [4.78, 5) is 27.7. The Labute approximate surface area is 540 Å². The van der Waals surface area contributed by atoms with Crippen LogP contribution >= 0.6 is 39.1 Å². The molecule has 8 rings (SSSR count). The second kappa shape index (κ2) is 32.2. The minimum absolute atomic E-state index is 0. The summed E-state index contributed by atoms with van der Waals surface area (Å²) < 4.78 is 54.7. The number of aliphatic hydroxyl groups excluding tert-OH is 2. The van der Waals surface area contributed by atoms with Gasteiger partial charge in [-0.3, -0.25) is 9.68 Å². The van der Waals surface area contributed by atoms with Crippen LogP contribution in [0, 0.1) is 54.9 Å². The number of alkyl halides is 3. The Hall–Kier alpha value is -0.646. The molecule has 6 aliphatic rings. The molecule has 8 unspecified atom stereocenters. The van der Waals surface area contributed by atoms with Crippen molar-refractivity contribution in [1.29, 1.82) is 6.60 Å². The Bertz CT molecular complexity index is 2400. The second-order valence-electron chi connectivity index (χ2n) is 24.3. The van der Waals surface area contributed by atoms with Crippen molar-refractivity contribution in [2.24, 2.45) is 5.92 Å². The Kier molecular flexibility index (Phi) is 29.0. The fourth-order valence-corrected chi connectivity index (χ4v) is 36.1. The third-order valence-corrected chi connectivity index (χ3v) is 38.3. The molecule has 0 aromatic heterocycles. The van der Waals surface area contributed by atoms with Crippen molar-refractivity contribution in [2.45, 2.75) is 240 Å². The molecule has 4 N–H and O–H groups in total. The van der Waals surface area contributed by atoms with E-state index in [1.165, 1.54) is 0 Å². The summed E-state index contributed by atoms with van der Waals surface area (Å²) in [6.07, 6.45) is -3.13. The van der Waals surface area contributed by atoms with E-state index in [0.29, 0.717) is 5.70 Å². The van der Waals surface area contributed by atoms with Gasteiger partial charge in [0.25, 0.3) is 0 Å². The number of nitriles is 1. The van der Waals surface area contributed by atoms with Gasteiger partial charge >= 0.3 is 34.2 Å². The first-order chi connectivity index (χ1) is 38.7. The van der Waals surface area contributed by atoms with Gasteiger partial charge in [0.1, 0.15) is 24.0 Å². The van der Waals surface area contributed by atoms with Gasteiger partial charge in [-0.05, 0) is 62.9 Å². The molecule has 0 amide bonds. The van der Waals surface area contributed by atoms with Crippen LogP contribution in [-0.4, -0.2) is 125 Å². The normalized spacial score (nSPS) is 30.5. The van der Waals surface area contributed by atoms with E-state index in [-0.39, 0.29) is 107 Å². The number of carbonyl (C=O) groups is 1. The van der Waals surface area contributed by atoms with E-state index < -0.39 is 99.0 Å². The number of aliphatic hydroxyl groups is 2. The minimum atomic E-state index is -3.08. The summed E-state index contributed by atoms with van der Waals surface area (Å²) >= 11 is 13.1. The number of nitrogens with one attached hydrogen (secondary N) is 2. The predicted molar refractivity (Wildman–Crippen MR) is 332 cm³/mol. The molecule has 16 nitrogen and oxygen atoms in total. The fourth-order valence-electron chi connectivity index (χ4n) is 12.5. The van der Waals surface area contributed by atoms with Gasteiger partial charge < -0.3 is 45.7 Å². The number of carbonyl (C=O) groups excluding carboxylic acids is 1. The monoisotopic (exact) mass is 1540 g/mol. The molecule has 0 spiro atoms. The molecule has 2 aliphatic carbocycles. The number of hydroxylamine groups is 2. The molecule has 2 bridgehead atoms. The fraction of sp³-hybridized carbons (Fsp3) is 0.702. The average molecular weight is 1540 g/mol. The van der Waals surface area contributed by atoms with E-state index in [2.05, 4.69) is 157 Å². The largest absolute Gasteiger partial charge is 0.414 e. The van der Waals surface area contributed by atoms with Gasteiger partial charge in [-0.25, -0.2) is 4.85 Å². The zero-order chi connectivity index (χ0) is 61.8. The van der Waals surface area contributed by atoms with Gasteiger partial charge in [0.2, 0.25) is 0 Å². The summed E-state index contributed by atoms with van der Waals surface area (Å²) in [5.74, 6) is -0.864. The van der Waals surface area contributed by atoms with Gasteiger partial charge in [0.05, 0.1) is 71.9 Å². The molecule has 2 aromatic carbocycles. The molecule has 456 valence electrons. The standard InChI is InChI=1S/C28H45BrN2O6Si2.C28H44N2O6Si2.CH2Cl2.BH.U/c1-18(2)38(19(3)4)35-26-25(33)24(29)23(16-30)28(14-15-32,31-34-17-22-12-10-9-11-13-22)27(26)36-39(37-38,20(5)6)21(7)8;1-18(2)37(19(3)4)34-26-23-15-24(29-9)28(16-25(31)33-23,30-32-17-22-13-11-10-12-14-22)27(26)35-38(36-37,20(5)6)21(7)8;2-1-3;;/h9-13,15,18-21,23-27,31,33H,14,17H2,1-8H3;10-15,18-21,23,25-27,30-31H,16-17H2,1-8H3;1H2;1H;/t;23?,25-,26-,27?,28-;;;/m.1.../s1/i;;;1D;. The summed E-state index contributed by atoms with van der Waals surface area (Å²) in [7, 11) is -8.19. The van der Waals surface area contributed by atoms with E-state index in [1.807, 2.05) is 60.7 Å². The minimum Gasteiger partial charge on any atom is -0.414 e. The number of halogens is 3. The third kappa shape index (κ3) is 15.3. The van der Waals surface area contributed by atoms with Crippen molar-refractivity contribution < 1.29 is 86.5 Å². The van der Waals surface area contributed by atoms with Crippen LogP contribution in [0.2, 0.25) is 44.3 Å². The maximum absolute atomic E-state index is 12.3. The topological polar surface area (TPSA) is 193 Å². The molecule has 2 aromatic rings. The number of rotatable bonds is 18. The molecule has 4 heterocycles. The first-order valence-corrected chi connectivity index (χ1v) is 38.2. The van der Waals surface area contributed by atoms with Crippen molar-refractivity contribution in [2.75, 3.05) is 5.34 Å². The van der Waals surface area contributed by atoms with Crippen molar-refractivity contribution in [1.82, 2.24) is 11.0 Å². The van der Waals surface area contributed by atoms with Gasteiger partial charge in [0, 0.05) is 52.3 Å². The van der Waals surface area contributed by atoms with E-state index in [0.717, 1.165) is 17.4 Å². The average Bonchev–Trinajstić information content (AvgIpc) is 2.65. The SMILES string of the molecule is CC(C)[Si]1(C(C)C)OC2C(O)C(Br)C(C#N)C(CC=O)(NOCc3ccccc3)C2O[Si](C(C)C)(C(C)C)O1.ClCCl.[2H][B].[C-]#[N+]C1=CC2O[C@@H](O)C[C@]1(NOCc1ccccc1)C1O[Si](C(C)C)(C(C)C)O[Si](C(C)C)(C(C)C)O[C@H]21.[U]. The van der Waals surface area contributed by atoms with E-state index in [4.69, 9.17) is 71.5 Å². The number of nitrogens with zero attached hydrogens (tertiary/aromatic N) is 2. The molecule has 4 aliphatic heterocycles. The van der Waals surface area contributed by atoms with Crippen LogP contribution in [0.5, 0.6) is 0 Å². The summed E-state index contributed by atoms with van der Waals surface area (Å²) in [6.45, 7) is 42.9. The number of hydrogen-bond donors (Lipinski definition) is 4. The zero-order valence-corrected chi connectivity index (χ0v) is 62.1. The Balaban J connectivity index is 0.000000400. The van der Waals surface area contributed by atoms with Gasteiger partial charge in [-0.15, -0.1) is 23.2 Å². The van der Waals surface area contributed by atoms with Crippen LogP contribution in [-0.2, 0) is 58.4 Å². The second-order valence-corrected chi connectivity index (χ2v) is 43.7.